The minimum Gasteiger partial charge on any atom is -0.487 e. The predicted octanol–water partition coefficient (Wildman–Crippen LogP) is 2.88. The van der Waals surface area contributed by atoms with Gasteiger partial charge in [-0.05, 0) is 25.1 Å². The molecule has 1 saturated heterocycles. The first-order valence-electron chi connectivity index (χ1n) is 7.75. The Hall–Kier alpha value is -1.91. The van der Waals surface area contributed by atoms with Crippen LogP contribution in [0.15, 0.2) is 48.7 Å². The number of rotatable bonds is 5. The summed E-state index contributed by atoms with van der Waals surface area (Å²) in [6.07, 6.45) is 1.79. The third kappa shape index (κ3) is 3.84. The van der Waals surface area contributed by atoms with E-state index in [1.807, 2.05) is 30.3 Å². The molecule has 1 aliphatic heterocycles. The highest BCUT2D eigenvalue weighted by atomic mass is 16.5. The van der Waals surface area contributed by atoms with E-state index in [9.17, 15) is 0 Å². The molecular weight excluding hydrogens is 276 g/mol. The van der Waals surface area contributed by atoms with Crippen molar-refractivity contribution in [2.75, 3.05) is 19.8 Å². The zero-order chi connectivity index (χ0) is 15.2. The largest absolute Gasteiger partial charge is 0.487 e. The van der Waals surface area contributed by atoms with Crippen molar-refractivity contribution in [3.63, 3.8) is 0 Å². The highest BCUT2D eigenvalue weighted by molar-refractivity contribution is 5.33. The van der Waals surface area contributed by atoms with E-state index in [0.717, 1.165) is 37.7 Å². The fourth-order valence-electron chi connectivity index (χ4n) is 2.63. The van der Waals surface area contributed by atoms with Crippen LogP contribution >= 0.6 is 0 Å². The fraction of sp³-hybridized carbons (Fsp3) is 0.389. The van der Waals surface area contributed by atoms with Gasteiger partial charge in [-0.3, -0.25) is 9.88 Å². The average Bonchev–Trinajstić information content (AvgIpc) is 2.57. The van der Waals surface area contributed by atoms with Crippen molar-refractivity contribution >= 4 is 0 Å². The molecule has 22 heavy (non-hydrogen) atoms. The summed E-state index contributed by atoms with van der Waals surface area (Å²) >= 11 is 0. The minimum absolute atomic E-state index is 0.442. The first-order valence-corrected chi connectivity index (χ1v) is 7.75. The van der Waals surface area contributed by atoms with Gasteiger partial charge in [0.1, 0.15) is 12.4 Å². The number of nitrogens with zero attached hydrogens (tertiary/aromatic N) is 2. The Morgan fingerprint density at radius 3 is 2.91 bits per heavy atom. The van der Waals surface area contributed by atoms with Crippen molar-refractivity contribution in [1.29, 1.82) is 0 Å². The molecule has 0 saturated carbocycles. The monoisotopic (exact) mass is 298 g/mol. The number of benzene rings is 1. The van der Waals surface area contributed by atoms with E-state index in [0.29, 0.717) is 12.6 Å². The van der Waals surface area contributed by atoms with Crippen LogP contribution in [0.25, 0.3) is 0 Å². The van der Waals surface area contributed by atoms with Crippen molar-refractivity contribution < 1.29 is 9.47 Å². The van der Waals surface area contributed by atoms with Crippen LogP contribution in [-0.4, -0.2) is 35.7 Å². The highest BCUT2D eigenvalue weighted by Gasteiger charge is 2.19. The molecule has 1 aromatic heterocycles. The number of ether oxygens (including phenoxy) is 2. The molecule has 116 valence electrons. The van der Waals surface area contributed by atoms with Crippen LogP contribution in [0.1, 0.15) is 18.2 Å². The van der Waals surface area contributed by atoms with Gasteiger partial charge in [0.2, 0.25) is 0 Å². The zero-order valence-corrected chi connectivity index (χ0v) is 12.9. The van der Waals surface area contributed by atoms with Crippen molar-refractivity contribution in [1.82, 2.24) is 9.88 Å². The summed E-state index contributed by atoms with van der Waals surface area (Å²) in [5, 5.41) is 0. The summed E-state index contributed by atoms with van der Waals surface area (Å²) in [5.74, 6) is 0.937. The van der Waals surface area contributed by atoms with Crippen LogP contribution in [0, 0.1) is 0 Å². The second-order valence-corrected chi connectivity index (χ2v) is 5.61. The number of hydrogen-bond donors (Lipinski definition) is 0. The molecule has 0 aliphatic carbocycles. The summed E-state index contributed by atoms with van der Waals surface area (Å²) in [7, 11) is 0. The molecule has 0 bridgehead atoms. The maximum absolute atomic E-state index is 5.98. The predicted molar refractivity (Wildman–Crippen MR) is 85.7 cm³/mol. The van der Waals surface area contributed by atoms with Gasteiger partial charge in [0.15, 0.2) is 0 Å². The van der Waals surface area contributed by atoms with Crippen molar-refractivity contribution in [3.8, 4) is 5.75 Å². The summed E-state index contributed by atoms with van der Waals surface area (Å²) in [5.41, 5.74) is 2.16. The number of aromatic nitrogens is 1. The first-order chi connectivity index (χ1) is 10.8. The highest BCUT2D eigenvalue weighted by Crippen LogP contribution is 2.22. The maximum Gasteiger partial charge on any atom is 0.130 e. The number of para-hydroxylation sites is 1. The van der Waals surface area contributed by atoms with Gasteiger partial charge < -0.3 is 9.47 Å². The van der Waals surface area contributed by atoms with Crippen LogP contribution in [0.5, 0.6) is 5.75 Å². The van der Waals surface area contributed by atoms with Gasteiger partial charge >= 0.3 is 0 Å². The molecule has 1 atom stereocenters. The van der Waals surface area contributed by atoms with E-state index < -0.39 is 0 Å². The maximum atomic E-state index is 5.98. The third-order valence-corrected chi connectivity index (χ3v) is 3.95. The Labute approximate surface area is 131 Å². The molecular formula is C18H22N2O2. The fourth-order valence-corrected chi connectivity index (χ4v) is 2.63. The summed E-state index contributed by atoms with van der Waals surface area (Å²) < 4.78 is 11.5. The molecule has 4 heteroatoms. The number of hydrogen-bond acceptors (Lipinski definition) is 4. The van der Waals surface area contributed by atoms with Crippen LogP contribution in [0.4, 0.5) is 0 Å². The van der Waals surface area contributed by atoms with Crippen molar-refractivity contribution in [3.05, 3.63) is 59.9 Å². The molecule has 0 radical (unpaired) electrons. The summed E-state index contributed by atoms with van der Waals surface area (Å²) in [6, 6.07) is 14.6. The van der Waals surface area contributed by atoms with Gasteiger partial charge in [0, 0.05) is 30.9 Å². The molecule has 1 aromatic carbocycles. The lowest BCUT2D eigenvalue weighted by molar-refractivity contribution is -0.00473. The standard InChI is InChI=1S/C18H22N2O2/c1-15-13-21-11-10-20(15)12-16-6-2-3-8-18(16)22-14-17-7-4-5-9-19-17/h2-9,15H,10-14H2,1H3. The lowest BCUT2D eigenvalue weighted by atomic mass is 10.1. The zero-order valence-electron chi connectivity index (χ0n) is 12.9. The first kappa shape index (κ1) is 15.0. The number of pyridine rings is 1. The molecule has 1 fully saturated rings. The van der Waals surface area contributed by atoms with E-state index in [2.05, 4.69) is 28.9 Å². The lowest BCUT2D eigenvalue weighted by Crippen LogP contribution is -2.42. The Morgan fingerprint density at radius 2 is 2.09 bits per heavy atom. The molecule has 0 spiro atoms. The van der Waals surface area contributed by atoms with Gasteiger partial charge in [-0.1, -0.05) is 24.3 Å². The molecule has 0 amide bonds. The van der Waals surface area contributed by atoms with E-state index in [-0.39, 0.29) is 0 Å². The van der Waals surface area contributed by atoms with E-state index in [1.54, 1.807) is 6.20 Å². The normalized spacial score (nSPS) is 19.0. The van der Waals surface area contributed by atoms with E-state index in [4.69, 9.17) is 9.47 Å². The lowest BCUT2D eigenvalue weighted by Gasteiger charge is -2.33. The van der Waals surface area contributed by atoms with E-state index >= 15 is 0 Å². The molecule has 2 aromatic rings. The quantitative estimate of drug-likeness (QED) is 0.850. The Kier molecular flexibility index (Phi) is 5.03. The summed E-state index contributed by atoms with van der Waals surface area (Å²) in [4.78, 5) is 6.74. The van der Waals surface area contributed by atoms with Gasteiger partial charge in [-0.25, -0.2) is 0 Å². The molecule has 1 aliphatic rings. The van der Waals surface area contributed by atoms with E-state index in [1.165, 1.54) is 5.56 Å². The second-order valence-electron chi connectivity index (χ2n) is 5.61. The second kappa shape index (κ2) is 7.38. The van der Waals surface area contributed by atoms with Gasteiger partial charge in [-0.15, -0.1) is 0 Å². The Morgan fingerprint density at radius 1 is 1.23 bits per heavy atom. The van der Waals surface area contributed by atoms with Crippen molar-refractivity contribution in [2.45, 2.75) is 26.1 Å². The van der Waals surface area contributed by atoms with Gasteiger partial charge in [0.05, 0.1) is 18.9 Å². The average molecular weight is 298 g/mol. The molecule has 2 heterocycles. The number of morpholine rings is 1. The molecule has 3 rings (SSSR count). The SMILES string of the molecule is CC1COCCN1Cc1ccccc1OCc1ccccn1. The molecule has 0 N–H and O–H groups in total. The molecule has 4 nitrogen and oxygen atoms in total. The van der Waals surface area contributed by atoms with Gasteiger partial charge in [-0.2, -0.15) is 0 Å². The molecule has 1 unspecified atom stereocenters. The third-order valence-electron chi connectivity index (χ3n) is 3.95. The Bertz CT molecular complexity index is 589. The van der Waals surface area contributed by atoms with Gasteiger partial charge in [0.25, 0.3) is 0 Å². The van der Waals surface area contributed by atoms with Crippen LogP contribution in [0.2, 0.25) is 0 Å². The van der Waals surface area contributed by atoms with Crippen molar-refractivity contribution in [2.24, 2.45) is 0 Å². The van der Waals surface area contributed by atoms with Crippen LogP contribution in [0.3, 0.4) is 0 Å². The van der Waals surface area contributed by atoms with Crippen LogP contribution < -0.4 is 4.74 Å². The van der Waals surface area contributed by atoms with Crippen LogP contribution in [-0.2, 0) is 17.9 Å². The minimum atomic E-state index is 0.442. The summed E-state index contributed by atoms with van der Waals surface area (Å²) in [6.45, 7) is 6.17. The topological polar surface area (TPSA) is 34.6 Å². The Balaban J connectivity index is 1.67. The smallest absolute Gasteiger partial charge is 0.130 e.